The summed E-state index contributed by atoms with van der Waals surface area (Å²) in [7, 11) is -3.56. The lowest BCUT2D eigenvalue weighted by molar-refractivity contribution is -0.136. The molecule has 1 aromatic heterocycles. The van der Waals surface area contributed by atoms with Gasteiger partial charge in [0.15, 0.2) is 0 Å². The number of benzene rings is 4. The number of hydrogen-bond acceptors (Lipinski definition) is 10. The second-order valence-corrected chi connectivity index (χ2v) is 17.5. The number of thioether (sulfide) groups is 1. The van der Waals surface area contributed by atoms with Gasteiger partial charge in [0.05, 0.1) is 24.5 Å². The Balaban J connectivity index is 0.000000212. The predicted molar refractivity (Wildman–Crippen MR) is 225 cm³/mol. The minimum atomic E-state index is -3.56. The van der Waals surface area contributed by atoms with Crippen LogP contribution >= 0.6 is 11.8 Å². The van der Waals surface area contributed by atoms with Crippen molar-refractivity contribution in [1.29, 1.82) is 0 Å². The van der Waals surface area contributed by atoms with Gasteiger partial charge in [-0.05, 0) is 121 Å². The number of rotatable bonds is 16. The fraction of sp³-hybridized carbons (Fsp3) is 0.333. The molecule has 3 aliphatic heterocycles. The molecule has 2 bridgehead atoms. The summed E-state index contributed by atoms with van der Waals surface area (Å²) in [6.45, 7) is 6.55. The number of phenolic OH excluding ortho intramolecular Hbond substituents is 1. The summed E-state index contributed by atoms with van der Waals surface area (Å²) in [4.78, 5) is 18.6. The van der Waals surface area contributed by atoms with Gasteiger partial charge in [-0.15, -0.1) is 18.3 Å². The maximum absolute atomic E-state index is 11.7. The summed E-state index contributed by atoms with van der Waals surface area (Å²) in [6, 6.07) is 31.4. The highest BCUT2D eigenvalue weighted by Crippen LogP contribution is 2.42. The molecule has 3 saturated heterocycles. The van der Waals surface area contributed by atoms with Crippen molar-refractivity contribution in [2.24, 2.45) is 11.8 Å². The Bertz CT molecular complexity index is 2190. The minimum Gasteiger partial charge on any atom is -0.508 e. The second-order valence-electron chi connectivity index (χ2n) is 14.6. The number of pyridine rings is 1. The van der Waals surface area contributed by atoms with Crippen LogP contribution in [0.3, 0.4) is 0 Å². The molecule has 3 fully saturated rings. The van der Waals surface area contributed by atoms with Crippen LogP contribution < -0.4 is 8.92 Å². The number of aromatic nitrogens is 1. The van der Waals surface area contributed by atoms with Crippen LogP contribution in [0.15, 0.2) is 122 Å². The fourth-order valence-electron chi connectivity index (χ4n) is 7.60. The SMILES string of the molecule is C=C[C@H]1CN2CC[C@H]1C[C@@H]2[C@H](O)c1ccnc2ccccc12.CS(=O)(=O)Oc1ccc(OCCc2ccc(C[C@H](SCCc3ccc(O)cc3)C(=O)O)cc2)cc1. The predicted octanol–water partition coefficient (Wildman–Crippen LogP) is 7.49. The molecule has 0 amide bonds. The zero-order valence-electron chi connectivity index (χ0n) is 32.0. The Morgan fingerprint density at radius 3 is 2.28 bits per heavy atom. The number of carbonyl (C=O) groups is 1. The number of carboxylic acids is 1. The fourth-order valence-corrected chi connectivity index (χ4v) is 9.15. The Kier molecular flexibility index (Phi) is 14.3. The van der Waals surface area contributed by atoms with Crippen molar-refractivity contribution in [1.82, 2.24) is 9.88 Å². The highest BCUT2D eigenvalue weighted by Gasteiger charge is 2.42. The van der Waals surface area contributed by atoms with Gasteiger partial charge in [0, 0.05) is 30.6 Å². The molecular weight excluding hydrogens is 761 g/mol. The molecule has 3 aliphatic rings. The molecule has 4 heterocycles. The number of hydrogen-bond donors (Lipinski definition) is 3. The molecule has 0 radical (unpaired) electrons. The topological polar surface area (TPSA) is 146 Å². The third-order valence-corrected chi connectivity index (χ3v) is 12.3. The van der Waals surface area contributed by atoms with E-state index in [0.29, 0.717) is 42.8 Å². The summed E-state index contributed by atoms with van der Waals surface area (Å²) in [6.07, 6.45) is 8.60. The van der Waals surface area contributed by atoms with Gasteiger partial charge >= 0.3 is 16.1 Å². The molecule has 5 aromatic rings. The number of aryl methyl sites for hydroxylation is 1. The van der Waals surface area contributed by atoms with E-state index in [2.05, 4.69) is 28.6 Å². The van der Waals surface area contributed by atoms with Gasteiger partial charge < -0.3 is 24.2 Å². The van der Waals surface area contributed by atoms with Gasteiger partial charge in [0.2, 0.25) is 0 Å². The van der Waals surface area contributed by atoms with Crippen LogP contribution in [-0.2, 0) is 34.2 Å². The zero-order chi connectivity index (χ0) is 40.4. The van der Waals surface area contributed by atoms with Gasteiger partial charge in [-0.25, -0.2) is 0 Å². The summed E-state index contributed by atoms with van der Waals surface area (Å²) in [5, 5.41) is 30.5. The number of piperidine rings is 3. The van der Waals surface area contributed by atoms with Crippen molar-refractivity contribution in [3.05, 3.63) is 144 Å². The molecule has 8 rings (SSSR count). The van der Waals surface area contributed by atoms with E-state index in [-0.39, 0.29) is 17.5 Å². The molecule has 1 unspecified atom stereocenters. The summed E-state index contributed by atoms with van der Waals surface area (Å²) < 4.78 is 32.8. The normalized spacial score (nSPS) is 19.8. The molecular formula is C45H50N2O8S2. The van der Waals surface area contributed by atoms with Gasteiger partial charge in [-0.2, -0.15) is 8.42 Å². The first-order valence-electron chi connectivity index (χ1n) is 19.2. The highest BCUT2D eigenvalue weighted by atomic mass is 32.2. The Labute approximate surface area is 339 Å². The van der Waals surface area contributed by atoms with Crippen molar-refractivity contribution in [3.63, 3.8) is 0 Å². The number of aromatic hydroxyl groups is 1. The van der Waals surface area contributed by atoms with Gasteiger partial charge in [-0.3, -0.25) is 14.7 Å². The maximum atomic E-state index is 11.7. The molecule has 57 heavy (non-hydrogen) atoms. The Morgan fingerprint density at radius 2 is 1.61 bits per heavy atom. The first-order chi connectivity index (χ1) is 27.5. The zero-order valence-corrected chi connectivity index (χ0v) is 33.7. The number of nitrogens with zero attached hydrogens (tertiary/aromatic N) is 2. The summed E-state index contributed by atoms with van der Waals surface area (Å²) in [5.41, 5.74) is 5.06. The second kappa shape index (κ2) is 19.5. The van der Waals surface area contributed by atoms with Crippen LogP contribution in [0.1, 0.15) is 41.2 Å². The molecule has 0 aliphatic carbocycles. The van der Waals surface area contributed by atoms with E-state index in [4.69, 9.17) is 8.92 Å². The highest BCUT2D eigenvalue weighted by molar-refractivity contribution is 8.00. The van der Waals surface area contributed by atoms with Crippen molar-refractivity contribution >= 4 is 38.8 Å². The summed E-state index contributed by atoms with van der Waals surface area (Å²) in [5.74, 6) is 2.17. The van der Waals surface area contributed by atoms with Gasteiger partial charge in [0.25, 0.3) is 0 Å². The number of fused-ring (bicyclic) bond motifs is 4. The molecule has 4 aromatic carbocycles. The largest absolute Gasteiger partial charge is 0.508 e. The molecule has 3 N–H and O–H groups in total. The van der Waals surface area contributed by atoms with E-state index in [1.165, 1.54) is 30.3 Å². The van der Waals surface area contributed by atoms with Gasteiger partial charge in [-0.1, -0.05) is 60.7 Å². The Morgan fingerprint density at radius 1 is 0.947 bits per heavy atom. The first-order valence-corrected chi connectivity index (χ1v) is 22.0. The number of aliphatic carboxylic acids is 1. The third-order valence-electron chi connectivity index (χ3n) is 10.6. The van der Waals surface area contributed by atoms with E-state index < -0.39 is 27.4 Å². The van der Waals surface area contributed by atoms with Crippen LogP contribution in [0.4, 0.5) is 0 Å². The average Bonchev–Trinajstić information content (AvgIpc) is 3.21. The molecule has 12 heteroatoms. The molecule has 0 spiro atoms. The van der Waals surface area contributed by atoms with Crippen molar-refractivity contribution in [3.8, 4) is 17.2 Å². The van der Waals surface area contributed by atoms with E-state index in [9.17, 15) is 28.5 Å². The number of para-hydroxylation sites is 1. The van der Waals surface area contributed by atoms with E-state index in [1.807, 2.05) is 66.9 Å². The van der Waals surface area contributed by atoms with E-state index >= 15 is 0 Å². The number of ether oxygens (including phenoxy) is 1. The lowest BCUT2D eigenvalue weighted by Crippen LogP contribution is -2.54. The van der Waals surface area contributed by atoms with Crippen LogP contribution in [0, 0.1) is 11.8 Å². The Hall–Kier alpha value is -4.88. The van der Waals surface area contributed by atoms with Crippen LogP contribution in [-0.4, -0.2) is 82.6 Å². The quantitative estimate of drug-likeness (QED) is 0.0673. The molecule has 300 valence electrons. The third kappa shape index (κ3) is 11.8. The number of carboxylic acid groups (broad SMARTS) is 1. The van der Waals surface area contributed by atoms with Gasteiger partial charge in [0.1, 0.15) is 22.5 Å². The van der Waals surface area contributed by atoms with Crippen molar-refractivity contribution < 1.29 is 37.5 Å². The minimum absolute atomic E-state index is 0.218. The van der Waals surface area contributed by atoms with Crippen LogP contribution in [0.2, 0.25) is 0 Å². The number of phenols is 1. The smallest absolute Gasteiger partial charge is 0.316 e. The lowest BCUT2D eigenvalue weighted by Gasteiger charge is -2.50. The maximum Gasteiger partial charge on any atom is 0.316 e. The van der Waals surface area contributed by atoms with Crippen LogP contribution in [0.25, 0.3) is 10.9 Å². The standard InChI is InChI=1S/C26H28O7S2.C19H22N2O/c1-35(30,31)33-24-12-10-23(11-13-24)32-16-14-19-2-4-21(5-3-19)18-25(26(28)29)34-17-15-20-6-8-22(27)9-7-20;1-2-13-12-21-10-8-14(13)11-18(21)19(22)16-7-9-20-17-6-4-3-5-15(16)17/h2-13,25,27H,14-18H2,1H3,(H,28,29);2-7,9,13-14,18-19,22H,1,8,10-12H2/t25-;13-,14-,18+,19+/m00/s1. The number of aliphatic hydroxyl groups is 1. The van der Waals surface area contributed by atoms with E-state index in [1.54, 1.807) is 24.3 Å². The first kappa shape index (κ1) is 41.7. The van der Waals surface area contributed by atoms with Crippen molar-refractivity contribution in [2.45, 2.75) is 49.5 Å². The molecule has 0 saturated carbocycles. The number of aliphatic hydroxyl groups excluding tert-OH is 1. The van der Waals surface area contributed by atoms with Crippen molar-refractivity contribution in [2.75, 3.05) is 31.7 Å². The monoisotopic (exact) mass is 810 g/mol. The lowest BCUT2D eigenvalue weighted by atomic mass is 9.73. The van der Waals surface area contributed by atoms with E-state index in [0.717, 1.165) is 65.3 Å². The van der Waals surface area contributed by atoms with Crippen LogP contribution in [0.5, 0.6) is 17.2 Å². The molecule has 6 atom stereocenters. The average molecular weight is 811 g/mol. The summed E-state index contributed by atoms with van der Waals surface area (Å²) >= 11 is 1.42. The molecule has 10 nitrogen and oxygen atoms in total.